The van der Waals surface area contributed by atoms with Gasteiger partial charge in [0.2, 0.25) is 0 Å². The van der Waals surface area contributed by atoms with E-state index in [-0.39, 0.29) is 0 Å². The minimum Gasteiger partial charge on any atom is -0.308 e. The minimum atomic E-state index is 0.431. The Labute approximate surface area is 142 Å². The van der Waals surface area contributed by atoms with Crippen LogP contribution < -0.4 is 16.0 Å². The lowest BCUT2D eigenvalue weighted by molar-refractivity contribution is 0.274. The maximum atomic E-state index is 6.21. The van der Waals surface area contributed by atoms with E-state index in [0.717, 1.165) is 25.0 Å². The molecule has 1 unspecified atom stereocenters. The van der Waals surface area contributed by atoms with E-state index in [1.807, 2.05) is 7.05 Å². The van der Waals surface area contributed by atoms with Gasteiger partial charge in [-0.15, -0.1) is 11.6 Å². The van der Waals surface area contributed by atoms with Crippen molar-refractivity contribution in [1.82, 2.24) is 16.0 Å². The van der Waals surface area contributed by atoms with Crippen LogP contribution in [0.4, 0.5) is 0 Å². The van der Waals surface area contributed by atoms with Gasteiger partial charge >= 0.3 is 0 Å². The van der Waals surface area contributed by atoms with E-state index in [0.29, 0.717) is 11.5 Å². The van der Waals surface area contributed by atoms with E-state index in [9.17, 15) is 0 Å². The molecule has 0 aromatic carbocycles. The first kappa shape index (κ1) is 18.5. The lowest BCUT2D eigenvalue weighted by Crippen LogP contribution is -2.47. The van der Waals surface area contributed by atoms with Crippen molar-refractivity contribution >= 4 is 11.6 Å². The van der Waals surface area contributed by atoms with Crippen LogP contribution in [0.15, 0.2) is 0 Å². The summed E-state index contributed by atoms with van der Waals surface area (Å²) in [7, 11) is 2.01. The van der Waals surface area contributed by atoms with Crippen molar-refractivity contribution in [3.05, 3.63) is 0 Å². The second-order valence-corrected chi connectivity index (χ2v) is 8.01. The summed E-state index contributed by atoms with van der Waals surface area (Å²) in [6, 6.07) is 0. The standard InChI is InChI=1S/C18H36ClN3/c1-20-14-22-18(12-9-15-5-3-2-4-6-15)21-13-16-7-10-17(19)11-8-16/h15-18,20-22H,2-14H2,1H3. The van der Waals surface area contributed by atoms with Crippen LogP contribution in [0.5, 0.6) is 0 Å². The Balaban J connectivity index is 1.66. The van der Waals surface area contributed by atoms with Gasteiger partial charge < -0.3 is 10.6 Å². The van der Waals surface area contributed by atoms with Gasteiger partial charge in [-0.1, -0.05) is 32.1 Å². The molecule has 2 saturated carbocycles. The van der Waals surface area contributed by atoms with Crippen LogP contribution in [-0.2, 0) is 0 Å². The SMILES string of the molecule is CNCNC(CCC1CCCCC1)NCC1CCC(Cl)CC1. The number of hydrogen-bond donors (Lipinski definition) is 3. The molecular weight excluding hydrogens is 294 g/mol. The quantitative estimate of drug-likeness (QED) is 0.444. The van der Waals surface area contributed by atoms with E-state index in [1.54, 1.807) is 0 Å². The van der Waals surface area contributed by atoms with Crippen LogP contribution in [0, 0.1) is 11.8 Å². The topological polar surface area (TPSA) is 36.1 Å². The molecule has 2 aliphatic carbocycles. The second kappa shape index (κ2) is 10.9. The lowest BCUT2D eigenvalue weighted by atomic mass is 9.85. The summed E-state index contributed by atoms with van der Waals surface area (Å²) in [4.78, 5) is 0. The molecule has 0 spiro atoms. The number of alkyl halides is 1. The Morgan fingerprint density at radius 1 is 0.909 bits per heavy atom. The van der Waals surface area contributed by atoms with Crippen LogP contribution in [0.3, 0.4) is 0 Å². The molecule has 0 amide bonds. The number of halogens is 1. The van der Waals surface area contributed by atoms with Crippen LogP contribution in [-0.4, -0.2) is 31.8 Å². The first-order valence-electron chi connectivity index (χ1n) is 9.53. The Kier molecular flexibility index (Phi) is 9.13. The van der Waals surface area contributed by atoms with Crippen molar-refractivity contribution in [3.63, 3.8) is 0 Å². The molecule has 0 aliphatic heterocycles. The van der Waals surface area contributed by atoms with Crippen molar-refractivity contribution in [2.24, 2.45) is 11.8 Å². The van der Waals surface area contributed by atoms with Gasteiger partial charge in [0.15, 0.2) is 0 Å². The lowest BCUT2D eigenvalue weighted by Gasteiger charge is -2.29. The fourth-order valence-corrected chi connectivity index (χ4v) is 4.27. The zero-order valence-electron chi connectivity index (χ0n) is 14.4. The summed E-state index contributed by atoms with van der Waals surface area (Å²) in [6.07, 6.45) is 15.4. The Bertz CT molecular complexity index is 274. The fraction of sp³-hybridized carbons (Fsp3) is 1.00. The smallest absolute Gasteiger partial charge is 0.0581 e. The maximum absolute atomic E-state index is 6.21. The van der Waals surface area contributed by atoms with E-state index in [1.165, 1.54) is 70.6 Å². The van der Waals surface area contributed by atoms with Gasteiger partial charge in [0.1, 0.15) is 0 Å². The van der Waals surface area contributed by atoms with Gasteiger partial charge in [0.05, 0.1) is 6.17 Å². The van der Waals surface area contributed by atoms with Crippen molar-refractivity contribution in [2.45, 2.75) is 82.2 Å². The Morgan fingerprint density at radius 2 is 1.64 bits per heavy atom. The van der Waals surface area contributed by atoms with Gasteiger partial charge in [0.25, 0.3) is 0 Å². The van der Waals surface area contributed by atoms with Crippen molar-refractivity contribution in [2.75, 3.05) is 20.3 Å². The molecule has 4 heteroatoms. The van der Waals surface area contributed by atoms with E-state index < -0.39 is 0 Å². The Hall–Kier alpha value is 0.170. The highest BCUT2D eigenvalue weighted by molar-refractivity contribution is 6.20. The molecule has 1 atom stereocenters. The molecule has 0 radical (unpaired) electrons. The summed E-state index contributed by atoms with van der Waals surface area (Å²) in [6.45, 7) is 2.03. The predicted molar refractivity (Wildman–Crippen MR) is 96.3 cm³/mol. The molecular formula is C18H36ClN3. The predicted octanol–water partition coefficient (Wildman–Crippen LogP) is 3.83. The monoisotopic (exact) mass is 329 g/mol. The molecule has 0 bridgehead atoms. The molecule has 2 rings (SSSR count). The largest absolute Gasteiger partial charge is 0.308 e. The number of rotatable bonds is 9. The molecule has 130 valence electrons. The van der Waals surface area contributed by atoms with Gasteiger partial charge in [-0.05, 0) is 64.0 Å². The van der Waals surface area contributed by atoms with E-state index in [2.05, 4.69) is 16.0 Å². The highest BCUT2D eigenvalue weighted by Crippen LogP contribution is 2.28. The molecule has 3 N–H and O–H groups in total. The molecule has 2 aliphatic rings. The molecule has 3 nitrogen and oxygen atoms in total. The fourth-order valence-electron chi connectivity index (χ4n) is 4.01. The van der Waals surface area contributed by atoms with Gasteiger partial charge in [-0.25, -0.2) is 0 Å². The van der Waals surface area contributed by atoms with Crippen LogP contribution in [0.25, 0.3) is 0 Å². The molecule has 0 saturated heterocycles. The minimum absolute atomic E-state index is 0.431. The third-order valence-corrected chi connectivity index (χ3v) is 5.98. The number of hydrogen-bond acceptors (Lipinski definition) is 3. The summed E-state index contributed by atoms with van der Waals surface area (Å²) < 4.78 is 0. The normalized spacial score (nSPS) is 28.6. The first-order valence-corrected chi connectivity index (χ1v) is 9.97. The van der Waals surface area contributed by atoms with E-state index in [4.69, 9.17) is 11.6 Å². The third kappa shape index (κ3) is 7.16. The first-order chi connectivity index (χ1) is 10.8. The summed E-state index contributed by atoms with van der Waals surface area (Å²) in [5.74, 6) is 1.80. The summed E-state index contributed by atoms with van der Waals surface area (Å²) in [5.41, 5.74) is 0. The average molecular weight is 330 g/mol. The highest BCUT2D eigenvalue weighted by Gasteiger charge is 2.21. The summed E-state index contributed by atoms with van der Waals surface area (Å²) >= 11 is 6.21. The molecule has 0 heterocycles. The van der Waals surface area contributed by atoms with Crippen molar-refractivity contribution in [3.8, 4) is 0 Å². The van der Waals surface area contributed by atoms with E-state index >= 15 is 0 Å². The number of nitrogens with one attached hydrogen (secondary N) is 3. The van der Waals surface area contributed by atoms with Crippen molar-refractivity contribution in [1.29, 1.82) is 0 Å². The van der Waals surface area contributed by atoms with Crippen molar-refractivity contribution < 1.29 is 0 Å². The zero-order valence-corrected chi connectivity index (χ0v) is 15.1. The second-order valence-electron chi connectivity index (χ2n) is 7.39. The van der Waals surface area contributed by atoms with Gasteiger partial charge in [-0.3, -0.25) is 5.32 Å². The molecule has 22 heavy (non-hydrogen) atoms. The van der Waals surface area contributed by atoms with Gasteiger partial charge in [-0.2, -0.15) is 0 Å². The average Bonchev–Trinajstić information content (AvgIpc) is 2.56. The Morgan fingerprint density at radius 3 is 2.32 bits per heavy atom. The highest BCUT2D eigenvalue weighted by atomic mass is 35.5. The summed E-state index contributed by atoms with van der Waals surface area (Å²) in [5, 5.41) is 11.0. The zero-order chi connectivity index (χ0) is 15.6. The van der Waals surface area contributed by atoms with Gasteiger partial charge in [0, 0.05) is 12.0 Å². The van der Waals surface area contributed by atoms with Crippen LogP contribution >= 0.6 is 11.6 Å². The molecule has 2 fully saturated rings. The molecule has 0 aromatic heterocycles. The third-order valence-electron chi connectivity index (χ3n) is 5.54. The molecule has 0 aromatic rings. The van der Waals surface area contributed by atoms with Crippen LogP contribution in [0.2, 0.25) is 0 Å². The van der Waals surface area contributed by atoms with Crippen LogP contribution in [0.1, 0.15) is 70.6 Å². The maximum Gasteiger partial charge on any atom is 0.0581 e.